The molecule has 1 aliphatic heterocycles. The summed E-state index contributed by atoms with van der Waals surface area (Å²) >= 11 is 5.86. The molecular formula is C22H28ClN3O6. The first-order valence-corrected chi connectivity index (χ1v) is 10.8. The molecule has 2 rings (SSSR count). The zero-order chi connectivity index (χ0) is 23.8. The van der Waals surface area contributed by atoms with E-state index in [2.05, 4.69) is 16.0 Å². The van der Waals surface area contributed by atoms with Crippen LogP contribution in [0.25, 0.3) is 0 Å². The van der Waals surface area contributed by atoms with E-state index in [0.29, 0.717) is 17.0 Å². The molecule has 0 aromatic heterocycles. The number of amides is 3. The molecule has 0 radical (unpaired) electrons. The lowest BCUT2D eigenvalue weighted by atomic mass is 9.98. The maximum Gasteiger partial charge on any atom is 0.338 e. The molecule has 1 aromatic rings. The minimum atomic E-state index is -0.926. The van der Waals surface area contributed by atoms with Crippen LogP contribution < -0.4 is 16.0 Å². The summed E-state index contributed by atoms with van der Waals surface area (Å²) in [7, 11) is 0. The Hall–Kier alpha value is -3.07. The zero-order valence-electron chi connectivity index (χ0n) is 18.5. The van der Waals surface area contributed by atoms with Gasteiger partial charge >= 0.3 is 18.0 Å². The summed E-state index contributed by atoms with van der Waals surface area (Å²) in [6.45, 7) is 6.79. The smallest absolute Gasteiger partial charge is 0.338 e. The molecule has 3 N–H and O–H groups in total. The van der Waals surface area contributed by atoms with Gasteiger partial charge in [-0.3, -0.25) is 4.79 Å². The maximum atomic E-state index is 12.8. The van der Waals surface area contributed by atoms with Gasteiger partial charge in [0.25, 0.3) is 5.91 Å². The van der Waals surface area contributed by atoms with Crippen molar-refractivity contribution in [1.29, 1.82) is 0 Å². The lowest BCUT2D eigenvalue weighted by molar-refractivity contribution is -0.147. The topological polar surface area (TPSA) is 123 Å². The molecule has 0 fully saturated rings. The van der Waals surface area contributed by atoms with Crippen LogP contribution in [0, 0.1) is 5.92 Å². The van der Waals surface area contributed by atoms with E-state index in [1.54, 1.807) is 38.1 Å². The van der Waals surface area contributed by atoms with Gasteiger partial charge in [-0.1, -0.05) is 31.9 Å². The van der Waals surface area contributed by atoms with Crippen LogP contribution in [-0.2, 0) is 19.1 Å². The Kier molecular flexibility index (Phi) is 9.07. The van der Waals surface area contributed by atoms with Gasteiger partial charge in [0, 0.05) is 10.6 Å². The molecule has 10 heteroatoms. The van der Waals surface area contributed by atoms with Crippen molar-refractivity contribution in [3.63, 3.8) is 0 Å². The van der Waals surface area contributed by atoms with Gasteiger partial charge in [0.15, 0.2) is 0 Å². The van der Waals surface area contributed by atoms with Gasteiger partial charge in [0.2, 0.25) is 0 Å². The second kappa shape index (κ2) is 11.5. The third kappa shape index (κ3) is 6.46. The average molecular weight is 466 g/mol. The van der Waals surface area contributed by atoms with E-state index in [4.69, 9.17) is 21.1 Å². The largest absolute Gasteiger partial charge is 0.463 e. The molecule has 0 aliphatic carbocycles. The van der Waals surface area contributed by atoms with E-state index in [-0.39, 0.29) is 30.4 Å². The molecule has 0 bridgehead atoms. The van der Waals surface area contributed by atoms with Gasteiger partial charge in [0.05, 0.1) is 23.9 Å². The highest BCUT2D eigenvalue weighted by Gasteiger charge is 2.32. The molecule has 32 heavy (non-hydrogen) atoms. The van der Waals surface area contributed by atoms with Crippen LogP contribution in [-0.4, -0.2) is 49.2 Å². The molecule has 0 spiro atoms. The summed E-state index contributed by atoms with van der Waals surface area (Å²) in [6.07, 6.45) is 0.606. The van der Waals surface area contributed by atoms with Gasteiger partial charge in [0.1, 0.15) is 12.6 Å². The van der Waals surface area contributed by atoms with Gasteiger partial charge < -0.3 is 25.4 Å². The Morgan fingerprint density at radius 2 is 1.81 bits per heavy atom. The van der Waals surface area contributed by atoms with Crippen molar-refractivity contribution in [2.45, 2.75) is 46.2 Å². The molecular weight excluding hydrogens is 438 g/mol. The molecule has 1 unspecified atom stereocenters. The Balaban J connectivity index is 2.16. The third-order valence-electron chi connectivity index (χ3n) is 5.08. The lowest BCUT2D eigenvalue weighted by Crippen LogP contribution is -2.51. The summed E-state index contributed by atoms with van der Waals surface area (Å²) in [5.41, 5.74) is 0.659. The fourth-order valence-electron chi connectivity index (χ4n) is 3.12. The number of ether oxygens (including phenoxy) is 2. The number of rotatable bonds is 9. The Bertz CT molecular complexity index is 899. The van der Waals surface area contributed by atoms with Crippen molar-refractivity contribution in [2.24, 2.45) is 5.92 Å². The van der Waals surface area contributed by atoms with Crippen molar-refractivity contribution in [3.05, 3.63) is 46.1 Å². The van der Waals surface area contributed by atoms with Crippen LogP contribution in [0.2, 0.25) is 5.02 Å². The normalized spacial score (nSPS) is 17.5. The molecule has 1 aromatic carbocycles. The van der Waals surface area contributed by atoms with Crippen molar-refractivity contribution < 1.29 is 28.7 Å². The molecule has 0 saturated carbocycles. The molecule has 0 saturated heterocycles. The third-order valence-corrected chi connectivity index (χ3v) is 5.34. The first kappa shape index (κ1) is 25.2. The molecule has 3 atom stereocenters. The van der Waals surface area contributed by atoms with E-state index in [9.17, 15) is 19.2 Å². The average Bonchev–Trinajstić information content (AvgIpc) is 2.75. The van der Waals surface area contributed by atoms with E-state index < -0.39 is 36.0 Å². The van der Waals surface area contributed by atoms with Crippen LogP contribution in [0.1, 0.15) is 44.5 Å². The van der Waals surface area contributed by atoms with Gasteiger partial charge in [-0.2, -0.15) is 0 Å². The van der Waals surface area contributed by atoms with E-state index in [1.165, 1.54) is 0 Å². The molecule has 3 amide bonds. The van der Waals surface area contributed by atoms with E-state index in [1.807, 2.05) is 13.8 Å². The summed E-state index contributed by atoms with van der Waals surface area (Å²) in [5, 5.41) is 8.25. The van der Waals surface area contributed by atoms with Crippen molar-refractivity contribution in [3.8, 4) is 0 Å². The number of nitrogens with one attached hydrogen (secondary N) is 3. The second-order valence-electron chi connectivity index (χ2n) is 7.38. The highest BCUT2D eigenvalue weighted by Crippen LogP contribution is 2.17. The van der Waals surface area contributed by atoms with Crippen molar-refractivity contribution in [1.82, 2.24) is 16.0 Å². The van der Waals surface area contributed by atoms with Crippen molar-refractivity contribution >= 4 is 35.5 Å². The number of hydrogen-bond acceptors (Lipinski definition) is 6. The van der Waals surface area contributed by atoms with E-state index >= 15 is 0 Å². The number of carbonyl (C=O) groups excluding carboxylic acids is 4. The Morgan fingerprint density at radius 3 is 2.41 bits per heavy atom. The quantitative estimate of drug-likeness (QED) is 0.481. The van der Waals surface area contributed by atoms with Gasteiger partial charge in [-0.15, -0.1) is 0 Å². The fraction of sp³-hybridized carbons (Fsp3) is 0.455. The predicted molar refractivity (Wildman–Crippen MR) is 118 cm³/mol. The van der Waals surface area contributed by atoms with Gasteiger partial charge in [-0.05, 0) is 44.0 Å². The van der Waals surface area contributed by atoms with Gasteiger partial charge in [-0.25, -0.2) is 14.4 Å². The number of urea groups is 1. The summed E-state index contributed by atoms with van der Waals surface area (Å²) in [6, 6.07) is 4.20. The highest BCUT2D eigenvalue weighted by molar-refractivity contribution is 6.30. The number of carbonyl (C=O) groups is 4. The van der Waals surface area contributed by atoms with Crippen LogP contribution in [0.15, 0.2) is 35.5 Å². The molecule has 1 heterocycles. The van der Waals surface area contributed by atoms with Crippen LogP contribution >= 0.6 is 11.6 Å². The number of hydrogen-bond donors (Lipinski definition) is 3. The first-order valence-electron chi connectivity index (χ1n) is 10.4. The van der Waals surface area contributed by atoms with E-state index in [0.717, 1.165) is 0 Å². The highest BCUT2D eigenvalue weighted by atomic mass is 35.5. The monoisotopic (exact) mass is 465 g/mol. The fourth-order valence-corrected chi connectivity index (χ4v) is 3.25. The summed E-state index contributed by atoms with van der Waals surface area (Å²) in [4.78, 5) is 49.6. The van der Waals surface area contributed by atoms with Crippen molar-refractivity contribution in [2.75, 3.05) is 13.2 Å². The minimum Gasteiger partial charge on any atom is -0.463 e. The molecule has 9 nitrogen and oxygen atoms in total. The predicted octanol–water partition coefficient (Wildman–Crippen LogP) is 2.55. The molecule has 174 valence electrons. The number of halogens is 1. The Labute approximate surface area is 191 Å². The first-order chi connectivity index (χ1) is 15.2. The standard InChI is InChI=1S/C22H28ClN3O6/c1-5-12(3)18(26-19(27)14-7-9-15(23)10-8-14)21(29)32-11-16-17(20(28)31-6-2)13(4)24-22(30)25-16/h7-10,12-13,18H,5-6,11H2,1-4H3,(H,26,27)(H2,24,25,30)/t12-,13?,18-/m0/s1. The lowest BCUT2D eigenvalue weighted by Gasteiger charge is -2.27. The van der Waals surface area contributed by atoms with Crippen LogP contribution in [0.5, 0.6) is 0 Å². The van der Waals surface area contributed by atoms with Crippen LogP contribution in [0.3, 0.4) is 0 Å². The Morgan fingerprint density at radius 1 is 1.16 bits per heavy atom. The number of benzene rings is 1. The van der Waals surface area contributed by atoms with Crippen LogP contribution in [0.4, 0.5) is 4.79 Å². The molecule has 1 aliphatic rings. The number of esters is 2. The zero-order valence-corrected chi connectivity index (χ0v) is 19.2. The SMILES string of the molecule is CCOC(=O)C1=C(COC(=O)[C@@H](NC(=O)c2ccc(Cl)cc2)[C@@H](C)CC)NC(=O)NC1C. The second-order valence-corrected chi connectivity index (χ2v) is 7.82. The summed E-state index contributed by atoms with van der Waals surface area (Å²) < 4.78 is 10.4. The maximum absolute atomic E-state index is 12.8. The summed E-state index contributed by atoms with van der Waals surface area (Å²) in [5.74, 6) is -1.97. The minimum absolute atomic E-state index is 0.139.